The van der Waals surface area contributed by atoms with Gasteiger partial charge in [-0.25, -0.2) is 4.39 Å². The molecule has 100 valence electrons. The van der Waals surface area contributed by atoms with Crippen LogP contribution in [-0.4, -0.2) is 6.04 Å². The topological polar surface area (TPSA) is 12.0 Å². The lowest BCUT2D eigenvalue weighted by molar-refractivity contribution is 0.267. The van der Waals surface area contributed by atoms with Crippen molar-refractivity contribution in [2.75, 3.05) is 0 Å². The molecule has 0 saturated heterocycles. The summed E-state index contributed by atoms with van der Waals surface area (Å²) < 4.78 is 13.7. The van der Waals surface area contributed by atoms with E-state index in [0.717, 1.165) is 11.5 Å². The molecule has 2 rings (SSSR count). The summed E-state index contributed by atoms with van der Waals surface area (Å²) in [6, 6.07) is 7.63. The van der Waals surface area contributed by atoms with Gasteiger partial charge in [-0.15, -0.1) is 0 Å². The SMILES string of the molecule is CC(N[C@H](C)c1ccccc1F)C1CCCCC1. The quantitative estimate of drug-likeness (QED) is 0.831. The highest BCUT2D eigenvalue weighted by molar-refractivity contribution is 5.20. The molecule has 1 aromatic rings. The van der Waals surface area contributed by atoms with Crippen LogP contribution < -0.4 is 5.32 Å². The van der Waals surface area contributed by atoms with E-state index < -0.39 is 0 Å². The second kappa shape index (κ2) is 6.33. The van der Waals surface area contributed by atoms with E-state index in [4.69, 9.17) is 0 Å². The Morgan fingerprint density at radius 2 is 1.78 bits per heavy atom. The van der Waals surface area contributed by atoms with Gasteiger partial charge < -0.3 is 5.32 Å². The summed E-state index contributed by atoms with van der Waals surface area (Å²) in [6.07, 6.45) is 6.72. The first-order valence-electron chi connectivity index (χ1n) is 7.19. The molecule has 0 spiro atoms. The van der Waals surface area contributed by atoms with E-state index >= 15 is 0 Å². The maximum atomic E-state index is 13.7. The molecular weight excluding hydrogens is 225 g/mol. The van der Waals surface area contributed by atoms with E-state index in [0.29, 0.717) is 6.04 Å². The molecule has 1 nitrogen and oxygen atoms in total. The fourth-order valence-electron chi connectivity index (χ4n) is 3.08. The first-order valence-corrected chi connectivity index (χ1v) is 7.19. The van der Waals surface area contributed by atoms with Gasteiger partial charge in [0.15, 0.2) is 0 Å². The Morgan fingerprint density at radius 1 is 1.11 bits per heavy atom. The monoisotopic (exact) mass is 249 g/mol. The Morgan fingerprint density at radius 3 is 2.44 bits per heavy atom. The molecule has 0 radical (unpaired) electrons. The maximum absolute atomic E-state index is 13.7. The van der Waals surface area contributed by atoms with Crippen LogP contribution >= 0.6 is 0 Å². The van der Waals surface area contributed by atoms with Crippen molar-refractivity contribution in [1.82, 2.24) is 5.32 Å². The smallest absolute Gasteiger partial charge is 0.127 e. The molecule has 1 unspecified atom stereocenters. The third-order valence-electron chi connectivity index (χ3n) is 4.24. The standard InChI is InChI=1S/C16H24FN/c1-12(14-8-4-3-5-9-14)18-13(2)15-10-6-7-11-16(15)17/h6-7,10-14,18H,3-5,8-9H2,1-2H3/t12?,13-/m1/s1. The zero-order valence-electron chi connectivity index (χ0n) is 11.5. The van der Waals surface area contributed by atoms with Gasteiger partial charge in [-0.05, 0) is 38.7 Å². The molecule has 0 amide bonds. The zero-order chi connectivity index (χ0) is 13.0. The van der Waals surface area contributed by atoms with Gasteiger partial charge in [0.25, 0.3) is 0 Å². The summed E-state index contributed by atoms with van der Waals surface area (Å²) >= 11 is 0. The number of benzene rings is 1. The van der Waals surface area contributed by atoms with Crippen molar-refractivity contribution in [3.05, 3.63) is 35.6 Å². The van der Waals surface area contributed by atoms with Gasteiger partial charge in [0.05, 0.1) is 0 Å². The average molecular weight is 249 g/mol. The molecule has 1 aromatic carbocycles. The van der Waals surface area contributed by atoms with Gasteiger partial charge >= 0.3 is 0 Å². The summed E-state index contributed by atoms with van der Waals surface area (Å²) in [5, 5.41) is 3.57. The van der Waals surface area contributed by atoms with Crippen LogP contribution in [0.3, 0.4) is 0 Å². The van der Waals surface area contributed by atoms with Crippen LogP contribution in [0.25, 0.3) is 0 Å². The summed E-state index contributed by atoms with van der Waals surface area (Å²) in [5.41, 5.74) is 0.778. The van der Waals surface area contributed by atoms with Crippen LogP contribution in [0.1, 0.15) is 57.6 Å². The summed E-state index contributed by atoms with van der Waals surface area (Å²) in [4.78, 5) is 0. The lowest BCUT2D eigenvalue weighted by atomic mass is 9.84. The second-order valence-corrected chi connectivity index (χ2v) is 5.60. The number of hydrogen-bond acceptors (Lipinski definition) is 1. The number of rotatable bonds is 4. The fraction of sp³-hybridized carbons (Fsp3) is 0.625. The first-order chi connectivity index (χ1) is 8.68. The lowest BCUT2D eigenvalue weighted by Crippen LogP contribution is -2.36. The van der Waals surface area contributed by atoms with E-state index in [2.05, 4.69) is 19.2 Å². The van der Waals surface area contributed by atoms with Crippen molar-refractivity contribution < 1.29 is 4.39 Å². The predicted octanol–water partition coefficient (Wildman–Crippen LogP) is 4.45. The number of nitrogens with one attached hydrogen (secondary N) is 1. The van der Waals surface area contributed by atoms with Gasteiger partial charge in [-0.3, -0.25) is 0 Å². The average Bonchev–Trinajstić information content (AvgIpc) is 2.40. The third kappa shape index (κ3) is 3.32. The van der Waals surface area contributed by atoms with Crippen LogP contribution in [-0.2, 0) is 0 Å². The Kier molecular flexibility index (Phi) is 4.76. The normalized spacial score (nSPS) is 20.6. The largest absolute Gasteiger partial charge is 0.307 e. The van der Waals surface area contributed by atoms with Crippen molar-refractivity contribution in [3.63, 3.8) is 0 Å². The second-order valence-electron chi connectivity index (χ2n) is 5.60. The molecule has 1 saturated carbocycles. The van der Waals surface area contributed by atoms with Crippen molar-refractivity contribution in [2.24, 2.45) is 5.92 Å². The molecule has 0 aliphatic heterocycles. The van der Waals surface area contributed by atoms with Crippen molar-refractivity contribution in [1.29, 1.82) is 0 Å². The molecule has 1 aliphatic rings. The molecule has 1 fully saturated rings. The third-order valence-corrected chi connectivity index (χ3v) is 4.24. The van der Waals surface area contributed by atoms with Gasteiger partial charge in [0, 0.05) is 17.6 Å². The molecule has 1 aliphatic carbocycles. The summed E-state index contributed by atoms with van der Waals surface area (Å²) in [7, 11) is 0. The Hall–Kier alpha value is -0.890. The molecule has 0 bridgehead atoms. The molecule has 18 heavy (non-hydrogen) atoms. The highest BCUT2D eigenvalue weighted by atomic mass is 19.1. The van der Waals surface area contributed by atoms with Crippen LogP contribution in [0, 0.1) is 11.7 Å². The van der Waals surface area contributed by atoms with Crippen LogP contribution in [0.4, 0.5) is 4.39 Å². The zero-order valence-corrected chi connectivity index (χ0v) is 11.5. The van der Waals surface area contributed by atoms with Crippen LogP contribution in [0.2, 0.25) is 0 Å². The summed E-state index contributed by atoms with van der Waals surface area (Å²) in [6.45, 7) is 4.30. The van der Waals surface area contributed by atoms with Gasteiger partial charge in [-0.2, -0.15) is 0 Å². The van der Waals surface area contributed by atoms with E-state index in [9.17, 15) is 4.39 Å². The minimum Gasteiger partial charge on any atom is -0.307 e. The molecule has 2 atom stereocenters. The van der Waals surface area contributed by atoms with E-state index in [1.54, 1.807) is 12.1 Å². The Balaban J connectivity index is 1.94. The van der Waals surface area contributed by atoms with E-state index in [1.807, 2.05) is 12.1 Å². The predicted molar refractivity (Wildman–Crippen MR) is 74.0 cm³/mol. The minimum atomic E-state index is -0.103. The van der Waals surface area contributed by atoms with Crippen molar-refractivity contribution in [2.45, 2.75) is 58.0 Å². The van der Waals surface area contributed by atoms with Crippen molar-refractivity contribution in [3.8, 4) is 0 Å². The maximum Gasteiger partial charge on any atom is 0.127 e. The van der Waals surface area contributed by atoms with Gasteiger partial charge in [-0.1, -0.05) is 37.5 Å². The highest BCUT2D eigenvalue weighted by Gasteiger charge is 2.22. The highest BCUT2D eigenvalue weighted by Crippen LogP contribution is 2.28. The van der Waals surface area contributed by atoms with E-state index in [1.165, 1.54) is 32.1 Å². The number of hydrogen-bond donors (Lipinski definition) is 1. The molecule has 0 heterocycles. The number of halogens is 1. The van der Waals surface area contributed by atoms with Gasteiger partial charge in [0.1, 0.15) is 5.82 Å². The minimum absolute atomic E-state index is 0.0862. The van der Waals surface area contributed by atoms with Gasteiger partial charge in [0.2, 0.25) is 0 Å². The summed E-state index contributed by atoms with van der Waals surface area (Å²) in [5.74, 6) is 0.654. The molecule has 1 N–H and O–H groups in total. The van der Waals surface area contributed by atoms with Crippen LogP contribution in [0.15, 0.2) is 24.3 Å². The molecule has 2 heteroatoms. The Labute approximate surface area is 110 Å². The fourth-order valence-corrected chi connectivity index (χ4v) is 3.08. The Bertz CT molecular complexity index is 371. The lowest BCUT2D eigenvalue weighted by Gasteiger charge is -2.31. The van der Waals surface area contributed by atoms with E-state index in [-0.39, 0.29) is 11.9 Å². The van der Waals surface area contributed by atoms with Crippen LogP contribution in [0.5, 0.6) is 0 Å². The molecule has 0 aromatic heterocycles. The van der Waals surface area contributed by atoms with Crippen molar-refractivity contribution >= 4 is 0 Å². The molecular formula is C16H24FN. The first kappa shape index (κ1) is 13.5.